The number of allylic oxidation sites excluding steroid dienone is 1. The molecule has 1 atom stereocenters. The van der Waals surface area contributed by atoms with Gasteiger partial charge in [-0.1, -0.05) is 32.4 Å². The number of rotatable bonds is 4. The fourth-order valence-electron chi connectivity index (χ4n) is 0.539. The van der Waals surface area contributed by atoms with Gasteiger partial charge in [-0.2, -0.15) is 0 Å². The Morgan fingerprint density at radius 1 is 1.56 bits per heavy atom. The van der Waals surface area contributed by atoms with E-state index in [0.717, 1.165) is 6.42 Å². The third-order valence-corrected chi connectivity index (χ3v) is 1.40. The highest BCUT2D eigenvalue weighted by molar-refractivity contribution is 4.85. The van der Waals surface area contributed by atoms with Gasteiger partial charge >= 0.3 is 0 Å². The number of aliphatic hydroxyl groups excluding tert-OH is 1. The molecule has 0 aliphatic heterocycles. The predicted octanol–water partition coefficient (Wildman–Crippen LogP) is 1.97. The van der Waals surface area contributed by atoms with Gasteiger partial charge in [0.25, 0.3) is 0 Å². The predicted molar refractivity (Wildman–Crippen MR) is 40.3 cm³/mol. The van der Waals surface area contributed by atoms with Gasteiger partial charge in [0.15, 0.2) is 0 Å². The van der Waals surface area contributed by atoms with E-state index in [1.165, 1.54) is 6.42 Å². The summed E-state index contributed by atoms with van der Waals surface area (Å²) in [5.41, 5.74) is 0. The zero-order chi connectivity index (χ0) is 7.11. The Hall–Kier alpha value is -0.300. The van der Waals surface area contributed by atoms with Gasteiger partial charge < -0.3 is 5.11 Å². The minimum Gasteiger partial charge on any atom is -0.396 e. The second-order valence-corrected chi connectivity index (χ2v) is 2.33. The van der Waals surface area contributed by atoms with Gasteiger partial charge in [0.05, 0.1) is 0 Å². The van der Waals surface area contributed by atoms with Crippen molar-refractivity contribution in [2.45, 2.75) is 26.7 Å². The maximum atomic E-state index is 8.40. The third kappa shape index (κ3) is 5.57. The van der Waals surface area contributed by atoms with Crippen LogP contribution in [0.25, 0.3) is 0 Å². The average molecular weight is 128 g/mol. The molecule has 0 aromatic heterocycles. The smallest absolute Gasteiger partial charge is 0.0465 e. The molecule has 0 bridgehead atoms. The van der Waals surface area contributed by atoms with Crippen molar-refractivity contribution in [3.8, 4) is 0 Å². The molecule has 0 aliphatic carbocycles. The Morgan fingerprint density at radius 3 is 2.67 bits per heavy atom. The molecule has 0 amide bonds. The van der Waals surface area contributed by atoms with E-state index in [9.17, 15) is 0 Å². The van der Waals surface area contributed by atoms with E-state index in [1.54, 1.807) is 0 Å². The van der Waals surface area contributed by atoms with Gasteiger partial charge in [-0.15, -0.1) is 0 Å². The molecule has 1 heteroatoms. The van der Waals surface area contributed by atoms with Crippen molar-refractivity contribution in [2.24, 2.45) is 5.92 Å². The van der Waals surface area contributed by atoms with E-state index in [2.05, 4.69) is 19.9 Å². The lowest BCUT2D eigenvalue weighted by atomic mass is 10.1. The highest BCUT2D eigenvalue weighted by Gasteiger charge is 1.87. The fourth-order valence-corrected chi connectivity index (χ4v) is 0.539. The quantitative estimate of drug-likeness (QED) is 0.574. The summed E-state index contributed by atoms with van der Waals surface area (Å²) in [5, 5.41) is 8.40. The molecule has 0 spiro atoms. The van der Waals surface area contributed by atoms with Gasteiger partial charge in [0, 0.05) is 6.61 Å². The van der Waals surface area contributed by atoms with Crippen LogP contribution in [-0.4, -0.2) is 11.7 Å². The molecule has 1 N–H and O–H groups in total. The summed E-state index contributed by atoms with van der Waals surface area (Å²) in [5.74, 6) is 0.663. The zero-order valence-corrected chi connectivity index (χ0v) is 6.30. The molecule has 9 heavy (non-hydrogen) atoms. The van der Waals surface area contributed by atoms with E-state index in [4.69, 9.17) is 5.11 Å². The molecule has 0 heterocycles. The molecule has 1 unspecified atom stereocenters. The normalized spacial score (nSPS) is 14.6. The summed E-state index contributed by atoms with van der Waals surface area (Å²) < 4.78 is 0. The maximum absolute atomic E-state index is 8.40. The number of aliphatic hydroxyl groups is 1. The van der Waals surface area contributed by atoms with Crippen molar-refractivity contribution in [1.82, 2.24) is 0 Å². The van der Waals surface area contributed by atoms with E-state index in [0.29, 0.717) is 5.92 Å². The van der Waals surface area contributed by atoms with Gasteiger partial charge in [-0.3, -0.25) is 0 Å². The Morgan fingerprint density at radius 2 is 2.22 bits per heavy atom. The van der Waals surface area contributed by atoms with Crippen LogP contribution in [0.15, 0.2) is 12.2 Å². The fraction of sp³-hybridized carbons (Fsp3) is 0.750. The molecule has 54 valence electrons. The second kappa shape index (κ2) is 5.83. The van der Waals surface area contributed by atoms with Crippen LogP contribution in [0.2, 0.25) is 0 Å². The van der Waals surface area contributed by atoms with Crippen molar-refractivity contribution in [2.75, 3.05) is 6.61 Å². The van der Waals surface area contributed by atoms with Crippen LogP contribution in [0, 0.1) is 5.92 Å². The van der Waals surface area contributed by atoms with E-state index in [1.807, 2.05) is 6.08 Å². The Kier molecular flexibility index (Phi) is 5.64. The monoisotopic (exact) mass is 128 g/mol. The van der Waals surface area contributed by atoms with Crippen molar-refractivity contribution in [1.29, 1.82) is 0 Å². The Balaban J connectivity index is 3.20. The topological polar surface area (TPSA) is 20.2 Å². The van der Waals surface area contributed by atoms with Crippen LogP contribution in [0.1, 0.15) is 26.7 Å². The first-order valence-corrected chi connectivity index (χ1v) is 3.58. The van der Waals surface area contributed by atoms with Gasteiger partial charge in [0.2, 0.25) is 0 Å². The largest absolute Gasteiger partial charge is 0.396 e. The summed E-state index contributed by atoms with van der Waals surface area (Å²) in [6.45, 7) is 4.61. The van der Waals surface area contributed by atoms with Gasteiger partial charge in [-0.25, -0.2) is 0 Å². The number of hydrogen-bond donors (Lipinski definition) is 1. The lowest BCUT2D eigenvalue weighted by Crippen LogP contribution is -1.84. The molecule has 0 saturated carbocycles. The lowest BCUT2D eigenvalue weighted by molar-refractivity contribution is 0.302. The van der Waals surface area contributed by atoms with Crippen molar-refractivity contribution >= 4 is 0 Å². The summed E-state index contributed by atoms with van der Waals surface area (Å²) in [7, 11) is 0. The van der Waals surface area contributed by atoms with Crippen LogP contribution in [0.5, 0.6) is 0 Å². The highest BCUT2D eigenvalue weighted by Crippen LogP contribution is 2.01. The van der Waals surface area contributed by atoms with Crippen LogP contribution in [0.4, 0.5) is 0 Å². The first-order valence-electron chi connectivity index (χ1n) is 3.58. The average Bonchev–Trinajstić information content (AvgIpc) is 1.89. The van der Waals surface area contributed by atoms with Crippen LogP contribution in [0.3, 0.4) is 0 Å². The molecule has 0 radical (unpaired) electrons. The maximum Gasteiger partial charge on any atom is 0.0465 e. The van der Waals surface area contributed by atoms with Crippen LogP contribution in [-0.2, 0) is 0 Å². The minimum absolute atomic E-state index is 0.271. The van der Waals surface area contributed by atoms with Crippen molar-refractivity contribution in [3.63, 3.8) is 0 Å². The number of hydrogen-bond acceptors (Lipinski definition) is 1. The molecule has 0 rings (SSSR count). The molecular weight excluding hydrogens is 112 g/mol. The second-order valence-electron chi connectivity index (χ2n) is 2.33. The summed E-state index contributed by atoms with van der Waals surface area (Å²) >= 11 is 0. The summed E-state index contributed by atoms with van der Waals surface area (Å²) in [4.78, 5) is 0. The lowest BCUT2D eigenvalue weighted by Gasteiger charge is -1.97. The molecule has 0 aromatic carbocycles. The summed E-state index contributed by atoms with van der Waals surface area (Å²) in [6, 6.07) is 0. The van der Waals surface area contributed by atoms with Crippen LogP contribution < -0.4 is 0 Å². The Labute approximate surface area is 57.4 Å². The van der Waals surface area contributed by atoms with Gasteiger partial charge in [0.1, 0.15) is 0 Å². The molecular formula is C8H16O. The van der Waals surface area contributed by atoms with E-state index >= 15 is 0 Å². The Bertz CT molecular complexity index is 76.6. The van der Waals surface area contributed by atoms with E-state index in [-0.39, 0.29) is 6.61 Å². The molecule has 0 saturated heterocycles. The third-order valence-electron chi connectivity index (χ3n) is 1.40. The zero-order valence-electron chi connectivity index (χ0n) is 6.30. The van der Waals surface area contributed by atoms with Gasteiger partial charge in [-0.05, 0) is 12.3 Å². The molecule has 0 aliphatic rings. The van der Waals surface area contributed by atoms with E-state index < -0.39 is 0 Å². The van der Waals surface area contributed by atoms with Crippen LogP contribution >= 0.6 is 0 Å². The first kappa shape index (κ1) is 8.70. The molecule has 0 aromatic rings. The standard InChI is InChI=1S/C8H16O/c1-3-8(2)6-4-5-7-9/h4,6,8-9H,3,5,7H2,1-2H3/b6-4-. The molecule has 0 fully saturated rings. The minimum atomic E-state index is 0.271. The highest BCUT2D eigenvalue weighted by atomic mass is 16.2. The first-order chi connectivity index (χ1) is 4.31. The SMILES string of the molecule is CCC(C)/C=C\CCO. The summed E-state index contributed by atoms with van der Waals surface area (Å²) in [6.07, 6.45) is 6.16. The molecule has 1 nitrogen and oxygen atoms in total. The van der Waals surface area contributed by atoms with Crippen molar-refractivity contribution in [3.05, 3.63) is 12.2 Å². The van der Waals surface area contributed by atoms with Crippen molar-refractivity contribution < 1.29 is 5.11 Å².